The molecule has 0 aromatic carbocycles. The van der Waals surface area contributed by atoms with Gasteiger partial charge in [-0.2, -0.15) is 0 Å². The first kappa shape index (κ1) is 21.2. The molecule has 27 heavy (non-hydrogen) atoms. The first-order valence-corrected chi connectivity index (χ1v) is 10.8. The summed E-state index contributed by atoms with van der Waals surface area (Å²) < 4.78 is 16.7. The number of fused-ring (bicyclic) bond motifs is 3. The molecule has 3 aliphatic rings. The highest BCUT2D eigenvalue weighted by molar-refractivity contribution is 6.29. The number of alkyl halides is 2. The van der Waals surface area contributed by atoms with Gasteiger partial charge in [-0.25, -0.2) is 4.39 Å². The maximum Gasteiger partial charge on any atom is 0.179 e. The summed E-state index contributed by atoms with van der Waals surface area (Å²) in [7, 11) is 0. The Morgan fingerprint density at radius 2 is 1.96 bits per heavy atom. The van der Waals surface area contributed by atoms with Crippen molar-refractivity contribution < 1.29 is 24.2 Å². The molecule has 3 aliphatic carbocycles. The van der Waals surface area contributed by atoms with E-state index in [1.807, 2.05) is 6.92 Å². The summed E-state index contributed by atoms with van der Waals surface area (Å²) >= 11 is 5.75. The van der Waals surface area contributed by atoms with E-state index >= 15 is 4.39 Å². The second-order valence-electron chi connectivity index (χ2n) is 9.47. The predicted octanol–water partition coefficient (Wildman–Crippen LogP) is 3.59. The lowest BCUT2D eigenvalue weighted by Gasteiger charge is -2.61. The van der Waals surface area contributed by atoms with Crippen LogP contribution >= 0.6 is 11.6 Å². The third kappa shape index (κ3) is 2.53. The number of ketones is 2. The Morgan fingerprint density at radius 1 is 1.30 bits per heavy atom. The Kier molecular flexibility index (Phi) is 5.32. The molecule has 0 aromatic heterocycles. The van der Waals surface area contributed by atoms with Crippen molar-refractivity contribution in [1.82, 2.24) is 0 Å². The Morgan fingerprint density at radius 3 is 2.56 bits per heavy atom. The van der Waals surface area contributed by atoms with Gasteiger partial charge in [0.1, 0.15) is 11.4 Å². The number of unbranched alkanes of at least 4 members (excludes halogenated alkanes) is 1. The van der Waals surface area contributed by atoms with Gasteiger partial charge >= 0.3 is 0 Å². The summed E-state index contributed by atoms with van der Waals surface area (Å²) in [6, 6.07) is 0. The maximum absolute atomic E-state index is 16.7. The molecule has 7 atom stereocenters. The summed E-state index contributed by atoms with van der Waals surface area (Å²) in [6.07, 6.45) is 1.98. The number of hydrogen-bond acceptors (Lipinski definition) is 4. The summed E-state index contributed by atoms with van der Waals surface area (Å²) in [5.41, 5.74) is -5.80. The van der Waals surface area contributed by atoms with Crippen molar-refractivity contribution in [1.29, 1.82) is 0 Å². The monoisotopic (exact) mass is 402 g/mol. The van der Waals surface area contributed by atoms with Crippen molar-refractivity contribution in [3.05, 3.63) is 0 Å². The van der Waals surface area contributed by atoms with Crippen LogP contribution < -0.4 is 0 Å². The van der Waals surface area contributed by atoms with E-state index in [0.717, 1.165) is 12.8 Å². The van der Waals surface area contributed by atoms with Gasteiger partial charge in [0, 0.05) is 17.8 Å². The van der Waals surface area contributed by atoms with Gasteiger partial charge in [0.25, 0.3) is 0 Å². The van der Waals surface area contributed by atoms with E-state index in [1.54, 1.807) is 13.8 Å². The van der Waals surface area contributed by atoms with Gasteiger partial charge in [0.2, 0.25) is 0 Å². The molecule has 4 nitrogen and oxygen atoms in total. The molecule has 0 unspecified atom stereocenters. The minimum absolute atomic E-state index is 0.0290. The molecule has 3 saturated carbocycles. The molecule has 0 amide bonds. The number of aliphatic hydroxyl groups is 2. The lowest BCUT2D eigenvalue weighted by atomic mass is 9.45. The zero-order chi connectivity index (χ0) is 20.3. The van der Waals surface area contributed by atoms with Gasteiger partial charge in [-0.1, -0.05) is 26.7 Å². The summed E-state index contributed by atoms with van der Waals surface area (Å²) in [5.74, 6) is -1.65. The Balaban J connectivity index is 2.06. The molecule has 0 bridgehead atoms. The highest BCUT2D eigenvalue weighted by Gasteiger charge is 2.74. The minimum Gasteiger partial charge on any atom is -0.390 e. The van der Waals surface area contributed by atoms with Crippen LogP contribution in [-0.2, 0) is 9.59 Å². The van der Waals surface area contributed by atoms with Crippen molar-refractivity contribution in [2.24, 2.45) is 22.7 Å². The van der Waals surface area contributed by atoms with E-state index in [2.05, 4.69) is 0 Å². The molecule has 3 rings (SSSR count). The van der Waals surface area contributed by atoms with E-state index in [1.165, 1.54) is 0 Å². The predicted molar refractivity (Wildman–Crippen MR) is 101 cm³/mol. The second-order valence-corrected chi connectivity index (χ2v) is 9.74. The average Bonchev–Trinajstić information content (AvgIpc) is 2.89. The molecular formula is C21H32ClFO4. The van der Waals surface area contributed by atoms with Crippen LogP contribution in [0.1, 0.15) is 72.1 Å². The molecule has 2 N–H and O–H groups in total. The fourth-order valence-corrected chi connectivity index (χ4v) is 6.95. The van der Waals surface area contributed by atoms with Gasteiger partial charge < -0.3 is 10.2 Å². The Bertz CT molecular complexity index is 642. The molecule has 6 heteroatoms. The molecule has 0 spiro atoms. The van der Waals surface area contributed by atoms with Crippen LogP contribution in [0, 0.1) is 22.7 Å². The SMILES string of the molecule is CCCC[C@@]1(C)C(=O)CC[C@H]2[C@@H]3CC[C@](O)(C(=O)CCl)[C@@]3(C)C[C@H](O)[C@@]21F. The van der Waals surface area contributed by atoms with E-state index < -0.39 is 39.9 Å². The molecule has 0 heterocycles. The Hall–Kier alpha value is -0.520. The van der Waals surface area contributed by atoms with E-state index in [-0.39, 0.29) is 36.8 Å². The zero-order valence-electron chi connectivity index (χ0n) is 16.6. The topological polar surface area (TPSA) is 74.6 Å². The van der Waals surface area contributed by atoms with Crippen LogP contribution in [0.3, 0.4) is 0 Å². The molecule has 0 aliphatic heterocycles. The number of carbonyl (C=O) groups excluding carboxylic acids is 2. The number of rotatable bonds is 5. The minimum atomic E-state index is -2.02. The quantitative estimate of drug-likeness (QED) is 0.689. The normalized spacial score (nSPS) is 49.6. The number of aliphatic hydroxyl groups excluding tert-OH is 1. The van der Waals surface area contributed by atoms with E-state index in [9.17, 15) is 19.8 Å². The number of carbonyl (C=O) groups is 2. The Labute approximate surface area is 165 Å². The van der Waals surface area contributed by atoms with Crippen LogP contribution in [0.25, 0.3) is 0 Å². The van der Waals surface area contributed by atoms with Crippen molar-refractivity contribution in [2.75, 3.05) is 5.88 Å². The van der Waals surface area contributed by atoms with Crippen LogP contribution in [0.15, 0.2) is 0 Å². The highest BCUT2D eigenvalue weighted by atomic mass is 35.5. The summed E-state index contributed by atoms with van der Waals surface area (Å²) in [6.45, 7) is 5.47. The first-order valence-electron chi connectivity index (χ1n) is 10.2. The van der Waals surface area contributed by atoms with E-state index in [4.69, 9.17) is 11.6 Å². The molecule has 0 saturated heterocycles. The lowest BCUT2D eigenvalue weighted by Crippen LogP contribution is -2.70. The van der Waals surface area contributed by atoms with Gasteiger partial charge in [0.05, 0.1) is 17.4 Å². The third-order valence-corrected chi connectivity index (χ3v) is 8.71. The lowest BCUT2D eigenvalue weighted by molar-refractivity contribution is -0.231. The average molecular weight is 403 g/mol. The van der Waals surface area contributed by atoms with Gasteiger partial charge in [-0.05, 0) is 44.9 Å². The van der Waals surface area contributed by atoms with Crippen molar-refractivity contribution in [3.8, 4) is 0 Å². The highest BCUT2D eigenvalue weighted by Crippen LogP contribution is 2.68. The molecule has 0 aromatic rings. The fraction of sp³-hybridized carbons (Fsp3) is 0.905. The number of halogens is 2. The first-order chi connectivity index (χ1) is 12.5. The summed E-state index contributed by atoms with van der Waals surface area (Å²) in [4.78, 5) is 25.3. The second kappa shape index (κ2) is 6.77. The van der Waals surface area contributed by atoms with Crippen LogP contribution in [-0.4, -0.2) is 45.0 Å². The molecule has 154 valence electrons. The van der Waals surface area contributed by atoms with E-state index in [0.29, 0.717) is 19.3 Å². The number of hydrogen-bond donors (Lipinski definition) is 2. The van der Waals surface area contributed by atoms with Crippen LogP contribution in [0.5, 0.6) is 0 Å². The molecule has 0 radical (unpaired) electrons. The maximum atomic E-state index is 16.7. The smallest absolute Gasteiger partial charge is 0.179 e. The van der Waals surface area contributed by atoms with Crippen LogP contribution in [0.2, 0.25) is 0 Å². The fourth-order valence-electron chi connectivity index (χ4n) is 6.72. The molecular weight excluding hydrogens is 371 g/mol. The van der Waals surface area contributed by atoms with Crippen molar-refractivity contribution in [2.45, 2.75) is 89.5 Å². The van der Waals surface area contributed by atoms with Gasteiger partial charge in [-0.15, -0.1) is 11.6 Å². The third-order valence-electron chi connectivity index (χ3n) is 8.46. The zero-order valence-corrected chi connectivity index (χ0v) is 17.3. The standard InChI is InChI=1S/C21H32ClFO4/c1-4-5-9-18(2)15(24)7-6-14-13-8-10-20(27,17(26)12-22)19(13,3)11-16(25)21(14,18)23/h13-14,16,25,27H,4-12H2,1-3H3/t13-,14-,16-,18-,19-,20-,21-/m0/s1. The van der Waals surface area contributed by atoms with Gasteiger partial charge in [-0.3, -0.25) is 9.59 Å². The van der Waals surface area contributed by atoms with Crippen molar-refractivity contribution in [3.63, 3.8) is 0 Å². The van der Waals surface area contributed by atoms with Crippen molar-refractivity contribution >= 4 is 23.2 Å². The van der Waals surface area contributed by atoms with Gasteiger partial charge in [0.15, 0.2) is 11.5 Å². The number of Topliss-reactive ketones (excluding diaryl/α,β-unsaturated/α-hetero) is 2. The largest absolute Gasteiger partial charge is 0.390 e. The van der Waals surface area contributed by atoms with Crippen LogP contribution in [0.4, 0.5) is 4.39 Å². The molecule has 3 fully saturated rings. The summed E-state index contributed by atoms with van der Waals surface area (Å²) in [5, 5.41) is 22.2.